The molecule has 4 rings (SSSR count). The number of nitrogens with one attached hydrogen (secondary N) is 2. The summed E-state index contributed by atoms with van der Waals surface area (Å²) in [6.45, 7) is 4.52. The lowest BCUT2D eigenvalue weighted by molar-refractivity contribution is 0.227. The fourth-order valence-electron chi connectivity index (χ4n) is 3.84. The number of benzene rings is 1. The van der Waals surface area contributed by atoms with E-state index in [2.05, 4.69) is 15.3 Å². The van der Waals surface area contributed by atoms with Crippen LogP contribution in [0.15, 0.2) is 54.4 Å². The number of rotatable bonds is 3. The lowest BCUT2D eigenvalue weighted by Gasteiger charge is -2.23. The highest BCUT2D eigenvalue weighted by Crippen LogP contribution is 2.36. The fraction of sp³-hybridized carbons (Fsp3) is 0.208. The first kappa shape index (κ1) is 20.5. The minimum absolute atomic E-state index is 0.247. The Bertz CT molecular complexity index is 1170. The molecule has 3 heterocycles. The second-order valence-electron chi connectivity index (χ2n) is 7.36. The standard InChI is InChI=1S/C24H24FN5O/c1-3-28-22-16(12-26)9-15-5-4-8-29-23(15)19-7-6-18(25)11-20(19)14(2)31-21-10-17(22)13-30-24(21)27/h4-8,10-14,26,28H,3,9H2,1-2H3,(H2,27,30)/b22-16-,26-12?/t14-/m1/s1. The monoisotopic (exact) mass is 417 g/mol. The topological polar surface area (TPSA) is 96.9 Å². The van der Waals surface area contributed by atoms with E-state index in [4.69, 9.17) is 15.9 Å². The van der Waals surface area contributed by atoms with Crippen LogP contribution in [0.5, 0.6) is 5.75 Å². The number of allylic oxidation sites excluding steroid dienone is 1. The molecule has 158 valence electrons. The summed E-state index contributed by atoms with van der Waals surface area (Å²) in [5.74, 6) is 0.297. The van der Waals surface area contributed by atoms with E-state index in [1.54, 1.807) is 18.5 Å². The van der Waals surface area contributed by atoms with Gasteiger partial charge in [0.15, 0.2) is 11.6 Å². The zero-order chi connectivity index (χ0) is 22.0. The number of pyridine rings is 2. The molecule has 1 aliphatic rings. The first-order valence-corrected chi connectivity index (χ1v) is 10.2. The van der Waals surface area contributed by atoms with Crippen molar-refractivity contribution >= 4 is 17.7 Å². The number of nitrogens with two attached hydrogens (primary N) is 1. The van der Waals surface area contributed by atoms with E-state index in [0.717, 1.165) is 33.7 Å². The van der Waals surface area contributed by atoms with E-state index in [1.807, 2.05) is 32.0 Å². The van der Waals surface area contributed by atoms with Crippen molar-refractivity contribution in [1.82, 2.24) is 15.3 Å². The average molecular weight is 417 g/mol. The normalized spacial score (nSPS) is 18.0. The van der Waals surface area contributed by atoms with Crippen LogP contribution in [0.25, 0.3) is 17.0 Å². The number of halogens is 1. The van der Waals surface area contributed by atoms with Gasteiger partial charge in [0.1, 0.15) is 11.9 Å². The summed E-state index contributed by atoms with van der Waals surface area (Å²) in [6.07, 6.45) is 4.70. The predicted octanol–water partition coefficient (Wildman–Crippen LogP) is 4.53. The molecule has 2 bridgehead atoms. The zero-order valence-electron chi connectivity index (χ0n) is 17.4. The van der Waals surface area contributed by atoms with E-state index >= 15 is 0 Å². The third kappa shape index (κ3) is 3.99. The van der Waals surface area contributed by atoms with Crippen molar-refractivity contribution in [2.24, 2.45) is 0 Å². The molecule has 1 aliphatic heterocycles. The maximum Gasteiger partial charge on any atom is 0.166 e. The zero-order valence-corrected chi connectivity index (χ0v) is 17.4. The summed E-state index contributed by atoms with van der Waals surface area (Å²) < 4.78 is 20.4. The van der Waals surface area contributed by atoms with Crippen LogP contribution in [0.3, 0.4) is 0 Å². The largest absolute Gasteiger partial charge is 0.482 e. The first-order valence-electron chi connectivity index (χ1n) is 10.2. The Kier molecular flexibility index (Phi) is 5.66. The highest BCUT2D eigenvalue weighted by molar-refractivity contribution is 5.90. The third-order valence-corrected chi connectivity index (χ3v) is 5.30. The van der Waals surface area contributed by atoms with Crippen molar-refractivity contribution in [3.05, 3.63) is 76.9 Å². The summed E-state index contributed by atoms with van der Waals surface area (Å²) in [5, 5.41) is 11.4. The van der Waals surface area contributed by atoms with E-state index in [-0.39, 0.29) is 11.6 Å². The summed E-state index contributed by atoms with van der Waals surface area (Å²) in [4.78, 5) is 8.91. The predicted molar refractivity (Wildman–Crippen MR) is 120 cm³/mol. The summed E-state index contributed by atoms with van der Waals surface area (Å²) in [7, 11) is 0. The maximum atomic E-state index is 14.2. The number of fused-ring (bicyclic) bond motifs is 5. The van der Waals surface area contributed by atoms with Gasteiger partial charge in [-0.2, -0.15) is 0 Å². The first-order chi connectivity index (χ1) is 15.0. The summed E-state index contributed by atoms with van der Waals surface area (Å²) in [6, 6.07) is 10.3. The number of hydrogen-bond acceptors (Lipinski definition) is 6. The molecule has 0 saturated carbocycles. The van der Waals surface area contributed by atoms with E-state index in [0.29, 0.717) is 24.3 Å². The van der Waals surface area contributed by atoms with Gasteiger partial charge in [-0.25, -0.2) is 9.37 Å². The van der Waals surface area contributed by atoms with Gasteiger partial charge in [-0.1, -0.05) is 6.07 Å². The van der Waals surface area contributed by atoms with Crippen LogP contribution in [0.1, 0.15) is 36.6 Å². The number of ether oxygens (including phenoxy) is 1. The van der Waals surface area contributed by atoms with Crippen LogP contribution in [-0.2, 0) is 6.42 Å². The lowest BCUT2D eigenvalue weighted by Crippen LogP contribution is -2.17. The smallest absolute Gasteiger partial charge is 0.166 e. The molecule has 0 amide bonds. The summed E-state index contributed by atoms with van der Waals surface area (Å²) in [5.41, 5.74) is 11.5. The molecule has 0 radical (unpaired) electrons. The average Bonchev–Trinajstić information content (AvgIpc) is 2.77. The Balaban J connectivity index is 2.03. The highest BCUT2D eigenvalue weighted by Gasteiger charge is 2.22. The van der Waals surface area contributed by atoms with Gasteiger partial charge in [0.25, 0.3) is 0 Å². The molecule has 1 atom stereocenters. The van der Waals surface area contributed by atoms with Gasteiger partial charge in [0.2, 0.25) is 0 Å². The maximum absolute atomic E-state index is 14.2. The van der Waals surface area contributed by atoms with Crippen LogP contribution >= 0.6 is 0 Å². The van der Waals surface area contributed by atoms with Gasteiger partial charge < -0.3 is 21.2 Å². The van der Waals surface area contributed by atoms with Crippen molar-refractivity contribution < 1.29 is 9.13 Å². The fourth-order valence-corrected chi connectivity index (χ4v) is 3.84. The highest BCUT2D eigenvalue weighted by atomic mass is 19.1. The molecule has 0 saturated heterocycles. The van der Waals surface area contributed by atoms with Crippen molar-refractivity contribution in [2.75, 3.05) is 12.3 Å². The van der Waals surface area contributed by atoms with Gasteiger partial charge in [-0.15, -0.1) is 0 Å². The molecule has 6 nitrogen and oxygen atoms in total. The Morgan fingerprint density at radius 1 is 1.29 bits per heavy atom. The number of aromatic nitrogens is 2. The van der Waals surface area contributed by atoms with Gasteiger partial charge in [0.05, 0.1) is 5.69 Å². The van der Waals surface area contributed by atoms with Crippen LogP contribution < -0.4 is 15.8 Å². The number of anilines is 1. The van der Waals surface area contributed by atoms with E-state index < -0.39 is 6.10 Å². The Hall–Kier alpha value is -3.74. The molecule has 3 aromatic rings. The van der Waals surface area contributed by atoms with Gasteiger partial charge >= 0.3 is 0 Å². The minimum Gasteiger partial charge on any atom is -0.482 e. The second-order valence-corrected chi connectivity index (χ2v) is 7.36. The van der Waals surface area contributed by atoms with Crippen molar-refractivity contribution in [1.29, 1.82) is 5.41 Å². The molecular formula is C24H24FN5O. The molecule has 0 fully saturated rings. The second kappa shape index (κ2) is 8.55. The van der Waals surface area contributed by atoms with E-state index in [1.165, 1.54) is 18.3 Å². The van der Waals surface area contributed by atoms with Gasteiger partial charge in [0, 0.05) is 54.0 Å². The van der Waals surface area contributed by atoms with Crippen LogP contribution in [0.2, 0.25) is 0 Å². The molecule has 31 heavy (non-hydrogen) atoms. The molecule has 1 aromatic carbocycles. The molecule has 0 aliphatic carbocycles. The number of nitrogen functional groups attached to an aromatic ring is 1. The van der Waals surface area contributed by atoms with Crippen LogP contribution in [0.4, 0.5) is 10.2 Å². The van der Waals surface area contributed by atoms with Crippen molar-refractivity contribution in [3.63, 3.8) is 0 Å². The number of hydrogen-bond donors (Lipinski definition) is 3. The molecule has 2 aromatic heterocycles. The Morgan fingerprint density at radius 2 is 2.13 bits per heavy atom. The lowest BCUT2D eigenvalue weighted by atomic mass is 9.93. The third-order valence-electron chi connectivity index (χ3n) is 5.30. The van der Waals surface area contributed by atoms with Crippen molar-refractivity contribution in [2.45, 2.75) is 26.4 Å². The van der Waals surface area contributed by atoms with Crippen molar-refractivity contribution in [3.8, 4) is 17.0 Å². The van der Waals surface area contributed by atoms with Gasteiger partial charge in [-0.3, -0.25) is 4.98 Å². The molecule has 0 spiro atoms. The molecular weight excluding hydrogens is 393 g/mol. The molecule has 4 N–H and O–H groups in total. The van der Waals surface area contributed by atoms with Crippen LogP contribution in [0, 0.1) is 11.2 Å². The van der Waals surface area contributed by atoms with Gasteiger partial charge in [-0.05, 0) is 55.3 Å². The minimum atomic E-state index is -0.492. The van der Waals surface area contributed by atoms with E-state index in [9.17, 15) is 4.39 Å². The van der Waals surface area contributed by atoms with Crippen LogP contribution in [-0.4, -0.2) is 22.7 Å². The Labute approximate surface area is 180 Å². The quantitative estimate of drug-likeness (QED) is 0.544. The summed E-state index contributed by atoms with van der Waals surface area (Å²) >= 11 is 0. The SMILES string of the molecule is CCN/C1=C(\C=N)Cc2cccnc2-c2ccc(F)cc2[C@@H](C)Oc2cc1cnc2N. The molecule has 0 unspecified atom stereocenters. The number of nitrogens with zero attached hydrogens (tertiary/aromatic N) is 2. The Morgan fingerprint density at radius 3 is 2.90 bits per heavy atom. The molecule has 7 heteroatoms.